The molecule has 4 heterocycles. The van der Waals surface area contributed by atoms with Gasteiger partial charge in [-0.15, -0.1) is 13.2 Å². The van der Waals surface area contributed by atoms with Gasteiger partial charge in [0.1, 0.15) is 5.82 Å². The van der Waals surface area contributed by atoms with Gasteiger partial charge in [-0.25, -0.2) is 9.97 Å². The van der Waals surface area contributed by atoms with Crippen LogP contribution in [0.3, 0.4) is 0 Å². The smallest absolute Gasteiger partial charge is 0.402 e. The van der Waals surface area contributed by atoms with Crippen molar-refractivity contribution < 1.29 is 22.6 Å². The summed E-state index contributed by atoms with van der Waals surface area (Å²) in [5.41, 5.74) is 6.71. The molecule has 2 aliphatic carbocycles. The molecule has 178 valence electrons. The Kier molecular flexibility index (Phi) is 5.06. The molecule has 10 heteroatoms. The van der Waals surface area contributed by atoms with Gasteiger partial charge in [-0.2, -0.15) is 0 Å². The number of aromatic nitrogens is 3. The van der Waals surface area contributed by atoms with Crippen LogP contribution in [0.2, 0.25) is 0 Å². The van der Waals surface area contributed by atoms with E-state index in [0.717, 1.165) is 51.4 Å². The topological polar surface area (TPSA) is 78.4 Å². The van der Waals surface area contributed by atoms with Crippen LogP contribution in [0.15, 0.2) is 18.5 Å². The summed E-state index contributed by atoms with van der Waals surface area (Å²) in [5, 5.41) is 0. The predicted molar refractivity (Wildman–Crippen MR) is 114 cm³/mol. The van der Waals surface area contributed by atoms with Crippen molar-refractivity contribution in [3.63, 3.8) is 0 Å². The molecule has 4 fully saturated rings. The molecule has 2 saturated carbocycles. The lowest BCUT2D eigenvalue weighted by Gasteiger charge is -2.32. The third-order valence-corrected chi connectivity index (χ3v) is 7.59. The molecule has 33 heavy (non-hydrogen) atoms. The average Bonchev–Trinajstić information content (AvgIpc) is 3.62. The van der Waals surface area contributed by atoms with Gasteiger partial charge in [-0.3, -0.25) is 4.90 Å². The maximum absolute atomic E-state index is 12.7. The largest absolute Gasteiger partial charge is 0.573 e. The molecule has 2 N–H and O–H groups in total. The number of piperidine rings is 1. The van der Waals surface area contributed by atoms with Gasteiger partial charge in [0.15, 0.2) is 11.6 Å². The number of ether oxygens (including phenoxy) is 2. The Morgan fingerprint density at radius 3 is 2.52 bits per heavy atom. The first-order valence-corrected chi connectivity index (χ1v) is 11.8. The normalized spacial score (nSPS) is 28.2. The second kappa shape index (κ2) is 7.87. The highest BCUT2D eigenvalue weighted by Crippen LogP contribution is 2.57. The number of likely N-dealkylation sites (tertiary alicyclic amines) is 1. The summed E-state index contributed by atoms with van der Waals surface area (Å²) in [6, 6.07) is 2.33. The minimum Gasteiger partial charge on any atom is -0.402 e. The van der Waals surface area contributed by atoms with Crippen molar-refractivity contribution in [1.29, 1.82) is 0 Å². The summed E-state index contributed by atoms with van der Waals surface area (Å²) in [7, 11) is 0. The fraction of sp³-hybridized carbons (Fsp3) is 0.652. The molecule has 2 aliphatic heterocycles. The summed E-state index contributed by atoms with van der Waals surface area (Å²) in [4.78, 5) is 11.4. The number of rotatable bonds is 6. The molecule has 2 aromatic heterocycles. The number of fused-ring (bicyclic) bond motifs is 1. The third kappa shape index (κ3) is 4.30. The van der Waals surface area contributed by atoms with Crippen molar-refractivity contribution >= 4 is 5.82 Å². The molecule has 0 bridgehead atoms. The Balaban J connectivity index is 1.23. The van der Waals surface area contributed by atoms with Gasteiger partial charge in [0.2, 0.25) is 0 Å². The van der Waals surface area contributed by atoms with E-state index in [4.69, 9.17) is 15.5 Å². The molecule has 6 rings (SSSR count). The summed E-state index contributed by atoms with van der Waals surface area (Å²) in [5.74, 6) is 2.12. The lowest BCUT2D eigenvalue weighted by molar-refractivity contribution is -0.274. The number of nitrogen functional groups attached to an aromatic ring is 1. The molecule has 2 aromatic rings. The molecule has 0 unspecified atom stereocenters. The second-order valence-electron chi connectivity index (χ2n) is 9.87. The van der Waals surface area contributed by atoms with Crippen LogP contribution in [0.5, 0.6) is 5.75 Å². The molecular weight excluding hydrogens is 435 g/mol. The van der Waals surface area contributed by atoms with Crippen LogP contribution in [0.25, 0.3) is 11.3 Å². The Hall–Kier alpha value is -2.33. The first kappa shape index (κ1) is 21.2. The molecule has 4 aliphatic rings. The Labute approximate surface area is 190 Å². The van der Waals surface area contributed by atoms with Gasteiger partial charge in [-0.05, 0) is 49.5 Å². The summed E-state index contributed by atoms with van der Waals surface area (Å²) in [6.45, 7) is 3.91. The Morgan fingerprint density at radius 1 is 1.12 bits per heavy atom. The van der Waals surface area contributed by atoms with Gasteiger partial charge in [-0.1, -0.05) is 0 Å². The van der Waals surface area contributed by atoms with Crippen LogP contribution in [-0.4, -0.2) is 58.1 Å². The highest BCUT2D eigenvalue weighted by molar-refractivity contribution is 5.64. The molecule has 3 atom stereocenters. The number of pyridine rings is 1. The van der Waals surface area contributed by atoms with Crippen LogP contribution < -0.4 is 10.5 Å². The number of anilines is 1. The van der Waals surface area contributed by atoms with Crippen LogP contribution in [0, 0.1) is 17.8 Å². The van der Waals surface area contributed by atoms with E-state index in [0.29, 0.717) is 41.1 Å². The van der Waals surface area contributed by atoms with E-state index in [9.17, 15) is 13.2 Å². The van der Waals surface area contributed by atoms with Crippen molar-refractivity contribution in [3.8, 4) is 17.0 Å². The number of halogens is 3. The fourth-order valence-electron chi connectivity index (χ4n) is 5.65. The lowest BCUT2D eigenvalue weighted by atomic mass is 10.1. The zero-order valence-corrected chi connectivity index (χ0v) is 18.3. The van der Waals surface area contributed by atoms with E-state index in [-0.39, 0.29) is 5.82 Å². The van der Waals surface area contributed by atoms with Crippen LogP contribution in [0.4, 0.5) is 19.0 Å². The summed E-state index contributed by atoms with van der Waals surface area (Å²) in [6.07, 6.45) is 4.18. The van der Waals surface area contributed by atoms with Crippen molar-refractivity contribution in [2.24, 2.45) is 17.8 Å². The van der Waals surface area contributed by atoms with E-state index in [1.54, 1.807) is 0 Å². The van der Waals surface area contributed by atoms with Crippen molar-refractivity contribution in [2.75, 3.05) is 32.0 Å². The minimum absolute atomic E-state index is 0.293. The Morgan fingerprint density at radius 2 is 1.85 bits per heavy atom. The molecular formula is C23H28F3N5O2. The monoisotopic (exact) mass is 463 g/mol. The number of hydrogen-bond donors (Lipinski definition) is 1. The predicted octanol–water partition coefficient (Wildman–Crippen LogP) is 3.66. The van der Waals surface area contributed by atoms with Crippen LogP contribution in [-0.2, 0) is 11.2 Å². The Bertz CT molecular complexity index is 1020. The maximum atomic E-state index is 12.7. The quantitative estimate of drug-likeness (QED) is 0.705. The van der Waals surface area contributed by atoms with Crippen LogP contribution >= 0.6 is 0 Å². The average molecular weight is 464 g/mol. The lowest BCUT2D eigenvalue weighted by Crippen LogP contribution is -2.39. The second-order valence-corrected chi connectivity index (χ2v) is 9.87. The highest BCUT2D eigenvalue weighted by Gasteiger charge is 2.58. The number of nitrogens with zero attached hydrogens (tertiary/aromatic N) is 4. The SMILES string of the molecule is Nc1ncc(-c2cn([C@H]3[C@@H]4CN(C5CCOCC5)C[C@@H]43)c(CC3CC3)n2)cc1OC(F)(F)F. The molecule has 0 radical (unpaired) electrons. The zero-order chi connectivity index (χ0) is 22.7. The van der Waals surface area contributed by atoms with Crippen molar-refractivity contribution in [3.05, 3.63) is 24.3 Å². The van der Waals surface area contributed by atoms with Crippen molar-refractivity contribution in [1.82, 2.24) is 19.4 Å². The van der Waals surface area contributed by atoms with Gasteiger partial charge in [0.25, 0.3) is 0 Å². The van der Waals surface area contributed by atoms with Gasteiger partial charge in [0.05, 0.1) is 5.69 Å². The fourth-order valence-corrected chi connectivity index (χ4v) is 5.65. The standard InChI is InChI=1S/C23H28F3N5O2/c24-23(25,26)33-19-8-14(9-28-22(19)27)18-12-31(20(29-18)7-13-1-2-13)21-16-10-30(11-17(16)21)15-3-5-32-6-4-15/h8-9,12-13,15-17,21H,1-7,10-11H2,(H2,27,28)/t16-,17+,21+. The molecule has 7 nitrogen and oxygen atoms in total. The summed E-state index contributed by atoms with van der Waals surface area (Å²) >= 11 is 0. The number of hydrogen-bond acceptors (Lipinski definition) is 6. The maximum Gasteiger partial charge on any atom is 0.573 e. The first-order valence-electron chi connectivity index (χ1n) is 11.8. The number of alkyl halides is 3. The zero-order valence-electron chi connectivity index (χ0n) is 18.3. The third-order valence-electron chi connectivity index (χ3n) is 7.59. The molecule has 0 amide bonds. The van der Waals surface area contributed by atoms with Crippen LogP contribution in [0.1, 0.15) is 37.5 Å². The molecule has 2 saturated heterocycles. The van der Waals surface area contributed by atoms with Crippen molar-refractivity contribution in [2.45, 2.75) is 50.6 Å². The van der Waals surface area contributed by atoms with E-state index in [1.807, 2.05) is 6.20 Å². The minimum atomic E-state index is -4.83. The molecule has 0 aromatic carbocycles. The van der Waals surface area contributed by atoms with Gasteiger partial charge < -0.3 is 19.8 Å². The number of nitrogens with two attached hydrogens (primary N) is 1. The highest BCUT2D eigenvalue weighted by atomic mass is 19.4. The van der Waals surface area contributed by atoms with Gasteiger partial charge >= 0.3 is 6.36 Å². The van der Waals surface area contributed by atoms with E-state index >= 15 is 0 Å². The van der Waals surface area contributed by atoms with E-state index < -0.39 is 12.1 Å². The van der Waals surface area contributed by atoms with E-state index in [1.165, 1.54) is 25.1 Å². The van der Waals surface area contributed by atoms with Gasteiger partial charge in [0, 0.05) is 62.8 Å². The molecule has 0 spiro atoms. The van der Waals surface area contributed by atoms with E-state index in [2.05, 4.69) is 19.2 Å². The first-order chi connectivity index (χ1) is 15.9. The number of imidazole rings is 1. The summed E-state index contributed by atoms with van der Waals surface area (Å²) < 4.78 is 50.1.